The third-order valence-electron chi connectivity index (χ3n) is 2.63. The van der Waals surface area contributed by atoms with Crippen molar-refractivity contribution >= 4 is 5.97 Å². The Kier molecular flexibility index (Phi) is 3.28. The van der Waals surface area contributed by atoms with E-state index in [1.807, 2.05) is 26.0 Å². The van der Waals surface area contributed by atoms with E-state index in [4.69, 9.17) is 4.74 Å². The Morgan fingerprint density at radius 2 is 2.00 bits per heavy atom. The van der Waals surface area contributed by atoms with Crippen molar-refractivity contribution in [3.8, 4) is 0 Å². The van der Waals surface area contributed by atoms with Crippen molar-refractivity contribution in [2.45, 2.75) is 27.2 Å². The van der Waals surface area contributed by atoms with E-state index in [9.17, 15) is 4.79 Å². The summed E-state index contributed by atoms with van der Waals surface area (Å²) in [5, 5.41) is 0. The summed E-state index contributed by atoms with van der Waals surface area (Å²) in [6.45, 7) is 6.14. The predicted molar refractivity (Wildman–Crippen MR) is 56.6 cm³/mol. The second kappa shape index (κ2) is 4.27. The van der Waals surface area contributed by atoms with Gasteiger partial charge >= 0.3 is 5.97 Å². The number of ether oxygens (including phenoxy) is 1. The molecule has 0 fully saturated rings. The Labute approximate surface area is 84.9 Å². The number of methoxy groups -OCH3 is 1. The molecule has 2 heteroatoms. The van der Waals surface area contributed by atoms with Gasteiger partial charge in [0.15, 0.2) is 0 Å². The first-order valence-corrected chi connectivity index (χ1v) is 4.79. The van der Waals surface area contributed by atoms with Crippen LogP contribution in [-0.4, -0.2) is 13.1 Å². The molecule has 0 amide bonds. The topological polar surface area (TPSA) is 26.3 Å². The molecule has 76 valence electrons. The average Bonchev–Trinajstić information content (AvgIpc) is 2.20. The molecular weight excluding hydrogens is 176 g/mol. The number of esters is 1. The summed E-state index contributed by atoms with van der Waals surface area (Å²) in [5.74, 6) is -0.245. The maximum atomic E-state index is 11.4. The van der Waals surface area contributed by atoms with Crippen LogP contribution in [0, 0.1) is 13.8 Å². The molecular formula is C12H16O2. The van der Waals surface area contributed by atoms with Gasteiger partial charge in [-0.25, -0.2) is 4.79 Å². The highest BCUT2D eigenvalue weighted by Gasteiger charge is 2.13. The Balaban J connectivity index is 3.31. The van der Waals surface area contributed by atoms with Gasteiger partial charge in [0, 0.05) is 0 Å². The molecule has 0 aromatic heterocycles. The Morgan fingerprint density at radius 3 is 2.50 bits per heavy atom. The van der Waals surface area contributed by atoms with Crippen LogP contribution in [0.15, 0.2) is 12.1 Å². The molecule has 0 radical (unpaired) electrons. The summed E-state index contributed by atoms with van der Waals surface area (Å²) < 4.78 is 4.73. The van der Waals surface area contributed by atoms with Gasteiger partial charge < -0.3 is 4.74 Å². The minimum absolute atomic E-state index is 0.245. The van der Waals surface area contributed by atoms with E-state index in [1.165, 1.54) is 18.2 Å². The molecule has 1 aromatic rings. The molecule has 0 aliphatic rings. The first kappa shape index (κ1) is 10.8. The Morgan fingerprint density at radius 1 is 1.36 bits per heavy atom. The monoisotopic (exact) mass is 192 g/mol. The van der Waals surface area contributed by atoms with Gasteiger partial charge in [0.05, 0.1) is 12.7 Å². The van der Waals surface area contributed by atoms with Crippen LogP contribution >= 0.6 is 0 Å². The molecule has 1 rings (SSSR count). The second-order valence-corrected chi connectivity index (χ2v) is 3.38. The summed E-state index contributed by atoms with van der Waals surface area (Å²) in [6, 6.07) is 3.80. The molecule has 0 N–H and O–H groups in total. The molecule has 0 heterocycles. The van der Waals surface area contributed by atoms with Crippen molar-refractivity contribution in [3.63, 3.8) is 0 Å². The number of rotatable bonds is 2. The van der Waals surface area contributed by atoms with Crippen molar-refractivity contribution in [2.24, 2.45) is 0 Å². The highest BCUT2D eigenvalue weighted by atomic mass is 16.5. The van der Waals surface area contributed by atoms with Crippen LogP contribution in [0.5, 0.6) is 0 Å². The molecule has 0 atom stereocenters. The van der Waals surface area contributed by atoms with E-state index in [1.54, 1.807) is 0 Å². The van der Waals surface area contributed by atoms with Gasteiger partial charge in [-0.1, -0.05) is 13.0 Å². The minimum atomic E-state index is -0.245. The molecule has 14 heavy (non-hydrogen) atoms. The summed E-state index contributed by atoms with van der Waals surface area (Å²) in [7, 11) is 1.41. The summed E-state index contributed by atoms with van der Waals surface area (Å²) in [6.07, 6.45) is 0.859. The van der Waals surface area contributed by atoms with Crippen LogP contribution in [0.25, 0.3) is 0 Å². The molecule has 0 spiro atoms. The SMILES string of the molecule is CCc1c(C(=O)OC)ccc(C)c1C. The highest BCUT2D eigenvalue weighted by molar-refractivity contribution is 5.91. The fraction of sp³-hybridized carbons (Fsp3) is 0.417. The quantitative estimate of drug-likeness (QED) is 0.673. The maximum Gasteiger partial charge on any atom is 0.338 e. The number of aryl methyl sites for hydroxylation is 1. The van der Waals surface area contributed by atoms with Gasteiger partial charge in [0.1, 0.15) is 0 Å². The van der Waals surface area contributed by atoms with Crippen LogP contribution in [-0.2, 0) is 11.2 Å². The third kappa shape index (κ3) is 1.79. The zero-order valence-corrected chi connectivity index (χ0v) is 9.18. The summed E-state index contributed by atoms with van der Waals surface area (Å²) in [5.41, 5.74) is 4.19. The lowest BCUT2D eigenvalue weighted by Gasteiger charge is -2.11. The largest absolute Gasteiger partial charge is 0.465 e. The normalized spacial score (nSPS) is 10.0. The van der Waals surface area contributed by atoms with E-state index in [0.29, 0.717) is 5.56 Å². The van der Waals surface area contributed by atoms with Crippen molar-refractivity contribution in [1.29, 1.82) is 0 Å². The number of benzene rings is 1. The van der Waals surface area contributed by atoms with Gasteiger partial charge in [-0.05, 0) is 43.0 Å². The summed E-state index contributed by atoms with van der Waals surface area (Å²) >= 11 is 0. The number of hydrogen-bond acceptors (Lipinski definition) is 2. The lowest BCUT2D eigenvalue weighted by atomic mass is 9.96. The Hall–Kier alpha value is -1.31. The molecule has 0 aliphatic heterocycles. The fourth-order valence-corrected chi connectivity index (χ4v) is 1.63. The van der Waals surface area contributed by atoms with Crippen molar-refractivity contribution in [2.75, 3.05) is 7.11 Å². The van der Waals surface area contributed by atoms with Crippen LogP contribution in [0.3, 0.4) is 0 Å². The zero-order valence-electron chi connectivity index (χ0n) is 9.18. The first-order valence-electron chi connectivity index (χ1n) is 4.79. The molecule has 2 nitrogen and oxygen atoms in total. The van der Waals surface area contributed by atoms with Crippen molar-refractivity contribution < 1.29 is 9.53 Å². The zero-order chi connectivity index (χ0) is 10.7. The molecule has 0 saturated carbocycles. The number of carbonyl (C=O) groups is 1. The lowest BCUT2D eigenvalue weighted by Crippen LogP contribution is -2.07. The van der Waals surface area contributed by atoms with Crippen LogP contribution < -0.4 is 0 Å². The van der Waals surface area contributed by atoms with E-state index in [0.717, 1.165) is 12.0 Å². The van der Waals surface area contributed by atoms with Crippen LogP contribution in [0.1, 0.15) is 34.0 Å². The van der Waals surface area contributed by atoms with E-state index >= 15 is 0 Å². The predicted octanol–water partition coefficient (Wildman–Crippen LogP) is 2.65. The van der Waals surface area contributed by atoms with Crippen molar-refractivity contribution in [3.05, 3.63) is 34.4 Å². The third-order valence-corrected chi connectivity index (χ3v) is 2.63. The van der Waals surface area contributed by atoms with Crippen molar-refractivity contribution in [1.82, 2.24) is 0 Å². The van der Waals surface area contributed by atoms with Gasteiger partial charge in [-0.3, -0.25) is 0 Å². The molecule has 0 saturated heterocycles. The van der Waals surface area contributed by atoms with E-state index in [2.05, 4.69) is 6.92 Å². The molecule has 0 aliphatic carbocycles. The van der Waals surface area contributed by atoms with E-state index < -0.39 is 0 Å². The average molecular weight is 192 g/mol. The lowest BCUT2D eigenvalue weighted by molar-refractivity contribution is 0.0599. The molecule has 1 aromatic carbocycles. The second-order valence-electron chi connectivity index (χ2n) is 3.38. The molecule has 0 bridgehead atoms. The van der Waals surface area contributed by atoms with Gasteiger partial charge in [0.2, 0.25) is 0 Å². The maximum absolute atomic E-state index is 11.4. The standard InChI is InChI=1S/C12H16O2/c1-5-10-9(3)8(2)6-7-11(10)12(13)14-4/h6-7H,5H2,1-4H3. The van der Waals surface area contributed by atoms with Gasteiger partial charge in [-0.2, -0.15) is 0 Å². The van der Waals surface area contributed by atoms with Crippen LogP contribution in [0.4, 0.5) is 0 Å². The molecule has 0 unspecified atom stereocenters. The Bertz CT molecular complexity index is 354. The first-order chi connectivity index (χ1) is 6.61. The minimum Gasteiger partial charge on any atom is -0.465 e. The fourth-order valence-electron chi connectivity index (χ4n) is 1.63. The van der Waals surface area contributed by atoms with E-state index in [-0.39, 0.29) is 5.97 Å². The number of hydrogen-bond donors (Lipinski definition) is 0. The van der Waals surface area contributed by atoms with Crippen LogP contribution in [0.2, 0.25) is 0 Å². The van der Waals surface area contributed by atoms with Gasteiger partial charge in [0.25, 0.3) is 0 Å². The smallest absolute Gasteiger partial charge is 0.338 e. The van der Waals surface area contributed by atoms with Gasteiger partial charge in [-0.15, -0.1) is 0 Å². The highest BCUT2D eigenvalue weighted by Crippen LogP contribution is 2.19. The summed E-state index contributed by atoms with van der Waals surface area (Å²) in [4.78, 5) is 11.4. The number of carbonyl (C=O) groups excluding carboxylic acids is 1.